The number of anilines is 1. The van der Waals surface area contributed by atoms with Crippen LogP contribution in [-0.2, 0) is 14.8 Å². The van der Waals surface area contributed by atoms with Gasteiger partial charge in [-0.3, -0.25) is 4.72 Å². The normalized spacial score (nSPS) is 11.0. The molecule has 8 heteroatoms. The molecule has 2 aromatic carbocycles. The van der Waals surface area contributed by atoms with Crippen LogP contribution in [0.1, 0.15) is 10.4 Å². The second kappa shape index (κ2) is 6.42. The molecule has 22 heavy (non-hydrogen) atoms. The third-order valence-electron chi connectivity index (χ3n) is 3.02. The summed E-state index contributed by atoms with van der Waals surface area (Å²) in [7, 11) is -0.796. The van der Waals surface area contributed by atoms with Crippen molar-refractivity contribution >= 4 is 46.6 Å². The average Bonchev–Trinajstić information content (AvgIpc) is 2.48. The molecule has 0 aliphatic rings. The number of ether oxygens (including phenoxy) is 1. The molecule has 2 rings (SSSR count). The topological polar surface area (TPSA) is 72.5 Å². The molecule has 0 fully saturated rings. The van der Waals surface area contributed by atoms with Crippen LogP contribution in [0.25, 0.3) is 0 Å². The first kappa shape index (κ1) is 16.4. The van der Waals surface area contributed by atoms with Crippen LogP contribution in [-0.4, -0.2) is 29.3 Å². The maximum atomic E-state index is 12.4. The first-order valence-electron chi connectivity index (χ1n) is 6.31. The first-order valence-corrected chi connectivity index (χ1v) is 8.17. The molecule has 114 valence electrons. The molecule has 0 radical (unpaired) electrons. The van der Waals surface area contributed by atoms with Gasteiger partial charge in [-0.15, -0.1) is 0 Å². The van der Waals surface area contributed by atoms with Gasteiger partial charge in [0.05, 0.1) is 28.3 Å². The summed E-state index contributed by atoms with van der Waals surface area (Å²) in [5, 5.41) is 0.111. The van der Waals surface area contributed by atoms with Gasteiger partial charge in [0.25, 0.3) is 10.0 Å². The minimum Gasteiger partial charge on any atom is -0.465 e. The summed E-state index contributed by atoms with van der Waals surface area (Å²) >= 11 is 6.03. The summed E-state index contributed by atoms with van der Waals surface area (Å²) in [4.78, 5) is 11.6. The average molecular weight is 338 g/mol. The Morgan fingerprint density at radius 2 is 1.91 bits per heavy atom. The van der Waals surface area contributed by atoms with Crippen LogP contribution in [0.5, 0.6) is 0 Å². The number of hydrogen-bond donors (Lipinski definition) is 1. The molecular weight excluding hydrogens is 324 g/mol. The van der Waals surface area contributed by atoms with E-state index in [1.54, 1.807) is 26.0 Å². The SMILES string of the molecule is Bc1ccccc1S(=O)(=O)Nc1ccc(C(=O)OC)cc1Cl. The highest BCUT2D eigenvalue weighted by Crippen LogP contribution is 2.25. The van der Waals surface area contributed by atoms with E-state index in [0.717, 1.165) is 0 Å². The molecule has 0 aromatic heterocycles. The zero-order valence-corrected chi connectivity index (χ0v) is 13.5. The minimum atomic E-state index is -3.76. The van der Waals surface area contributed by atoms with E-state index in [4.69, 9.17) is 11.6 Å². The highest BCUT2D eigenvalue weighted by atomic mass is 35.5. The Labute approximate surface area is 134 Å². The number of benzene rings is 2. The lowest BCUT2D eigenvalue weighted by atomic mass is 9.97. The van der Waals surface area contributed by atoms with Gasteiger partial charge in [0, 0.05) is 0 Å². The standard InChI is InChI=1S/C14H13BClNO4S/c1-21-14(18)9-6-7-12(11(16)8-9)17-22(19,20)13-5-3-2-4-10(13)15/h2-8,17H,15H2,1H3. The number of halogens is 1. The number of methoxy groups -OCH3 is 1. The monoisotopic (exact) mass is 337 g/mol. The Bertz CT molecular complexity index is 823. The number of rotatable bonds is 4. The molecule has 0 atom stereocenters. The zero-order valence-electron chi connectivity index (χ0n) is 12.0. The summed E-state index contributed by atoms with van der Waals surface area (Å²) in [6.45, 7) is 0. The Hall–Kier alpha value is -1.99. The van der Waals surface area contributed by atoms with Crippen molar-refractivity contribution in [1.29, 1.82) is 0 Å². The Balaban J connectivity index is 2.35. The van der Waals surface area contributed by atoms with Crippen LogP contribution in [0.4, 0.5) is 5.69 Å². The van der Waals surface area contributed by atoms with Gasteiger partial charge in [0.2, 0.25) is 0 Å². The summed E-state index contributed by atoms with van der Waals surface area (Å²) in [5.74, 6) is -0.546. The van der Waals surface area contributed by atoms with Crippen LogP contribution in [0.15, 0.2) is 47.4 Å². The van der Waals surface area contributed by atoms with Crippen LogP contribution in [0, 0.1) is 0 Å². The van der Waals surface area contributed by atoms with Gasteiger partial charge in [0.1, 0.15) is 7.85 Å². The van der Waals surface area contributed by atoms with Crippen LogP contribution in [0.2, 0.25) is 5.02 Å². The van der Waals surface area contributed by atoms with E-state index in [1.165, 1.54) is 31.4 Å². The van der Waals surface area contributed by atoms with Gasteiger partial charge in [-0.25, -0.2) is 13.2 Å². The van der Waals surface area contributed by atoms with E-state index in [9.17, 15) is 13.2 Å². The van der Waals surface area contributed by atoms with Crippen molar-refractivity contribution in [3.8, 4) is 0 Å². The van der Waals surface area contributed by atoms with Crippen molar-refractivity contribution in [2.24, 2.45) is 0 Å². The Kier molecular flexibility index (Phi) is 4.78. The lowest BCUT2D eigenvalue weighted by molar-refractivity contribution is 0.0601. The molecule has 0 saturated heterocycles. The molecule has 0 aliphatic carbocycles. The third kappa shape index (κ3) is 3.43. The van der Waals surface area contributed by atoms with Gasteiger partial charge in [-0.2, -0.15) is 0 Å². The van der Waals surface area contributed by atoms with Gasteiger partial charge in [0.15, 0.2) is 0 Å². The minimum absolute atomic E-state index is 0.111. The molecule has 1 N–H and O–H groups in total. The molecule has 0 amide bonds. The maximum absolute atomic E-state index is 12.4. The number of sulfonamides is 1. The molecule has 0 spiro atoms. The van der Waals surface area contributed by atoms with Gasteiger partial charge in [-0.05, 0) is 24.3 Å². The summed E-state index contributed by atoms with van der Waals surface area (Å²) in [6.07, 6.45) is 0. The number of carbonyl (C=O) groups is 1. The van der Waals surface area contributed by atoms with E-state index in [-0.39, 0.29) is 21.2 Å². The number of nitrogens with one attached hydrogen (secondary N) is 1. The summed E-state index contributed by atoms with van der Waals surface area (Å²) in [5.41, 5.74) is 1.06. The molecule has 0 heterocycles. The van der Waals surface area contributed by atoms with Crippen LogP contribution >= 0.6 is 11.6 Å². The fourth-order valence-electron chi connectivity index (χ4n) is 1.90. The van der Waals surface area contributed by atoms with Crippen molar-refractivity contribution in [1.82, 2.24) is 0 Å². The lowest BCUT2D eigenvalue weighted by Gasteiger charge is -2.12. The second-order valence-corrected chi connectivity index (χ2v) is 6.62. The second-order valence-electron chi connectivity index (χ2n) is 4.56. The third-order valence-corrected chi connectivity index (χ3v) is 4.86. The highest BCUT2D eigenvalue weighted by molar-refractivity contribution is 7.93. The molecule has 0 unspecified atom stereocenters. The molecule has 2 aromatic rings. The molecule has 0 bridgehead atoms. The van der Waals surface area contributed by atoms with Gasteiger partial charge in [-0.1, -0.05) is 35.3 Å². The fraction of sp³-hybridized carbons (Fsp3) is 0.0714. The summed E-state index contributed by atoms with van der Waals surface area (Å²) in [6, 6.07) is 10.8. The number of esters is 1. The van der Waals surface area contributed by atoms with Crippen LogP contribution < -0.4 is 10.2 Å². The van der Waals surface area contributed by atoms with Gasteiger partial charge >= 0.3 is 5.97 Å². The molecule has 0 aliphatic heterocycles. The largest absolute Gasteiger partial charge is 0.465 e. The van der Waals surface area contributed by atoms with E-state index in [1.807, 2.05) is 0 Å². The van der Waals surface area contributed by atoms with Crippen molar-refractivity contribution < 1.29 is 17.9 Å². The Morgan fingerprint density at radius 3 is 2.50 bits per heavy atom. The molecule has 0 saturated carbocycles. The van der Waals surface area contributed by atoms with Crippen LogP contribution in [0.3, 0.4) is 0 Å². The highest BCUT2D eigenvalue weighted by Gasteiger charge is 2.18. The molecule has 5 nitrogen and oxygen atoms in total. The first-order chi connectivity index (χ1) is 10.3. The van der Waals surface area contributed by atoms with Gasteiger partial charge < -0.3 is 4.74 Å². The van der Waals surface area contributed by atoms with E-state index in [2.05, 4.69) is 9.46 Å². The van der Waals surface area contributed by atoms with Crippen molar-refractivity contribution in [3.05, 3.63) is 53.1 Å². The van der Waals surface area contributed by atoms with E-state index < -0.39 is 16.0 Å². The number of hydrogen-bond acceptors (Lipinski definition) is 4. The van der Waals surface area contributed by atoms with Crippen molar-refractivity contribution in [2.75, 3.05) is 11.8 Å². The lowest BCUT2D eigenvalue weighted by Crippen LogP contribution is -2.21. The predicted molar refractivity (Wildman–Crippen MR) is 88.2 cm³/mol. The Morgan fingerprint density at radius 1 is 1.23 bits per heavy atom. The van der Waals surface area contributed by atoms with Crippen molar-refractivity contribution in [3.63, 3.8) is 0 Å². The van der Waals surface area contributed by atoms with E-state index in [0.29, 0.717) is 5.46 Å². The predicted octanol–water partition coefficient (Wildman–Crippen LogP) is 1.19. The smallest absolute Gasteiger partial charge is 0.337 e. The molecular formula is C14H13BClNO4S. The summed E-state index contributed by atoms with van der Waals surface area (Å²) < 4.78 is 31.8. The maximum Gasteiger partial charge on any atom is 0.337 e. The zero-order chi connectivity index (χ0) is 16.3. The van der Waals surface area contributed by atoms with Crippen molar-refractivity contribution in [2.45, 2.75) is 4.90 Å². The van der Waals surface area contributed by atoms with E-state index >= 15 is 0 Å². The fourth-order valence-corrected chi connectivity index (χ4v) is 3.51. The quantitative estimate of drug-likeness (QED) is 0.672. The number of carbonyl (C=O) groups excluding carboxylic acids is 1.